The summed E-state index contributed by atoms with van der Waals surface area (Å²) < 4.78 is 0. The third-order valence-corrected chi connectivity index (χ3v) is 4.55. The Morgan fingerprint density at radius 3 is 2.46 bits per heavy atom. The number of rotatable bonds is 4. The van der Waals surface area contributed by atoms with Crippen molar-refractivity contribution in [1.29, 1.82) is 0 Å². The predicted molar refractivity (Wildman–Crippen MR) is 86.7 cm³/mol. The van der Waals surface area contributed by atoms with Gasteiger partial charge >= 0.3 is 0 Å². The zero-order chi connectivity index (χ0) is 17.4. The maximum absolute atomic E-state index is 12.9. The second kappa shape index (κ2) is 6.07. The number of carbonyl (C=O) groups is 4. The number of amides is 4. The second-order valence-corrected chi connectivity index (χ2v) is 5.82. The molecule has 0 bridgehead atoms. The van der Waals surface area contributed by atoms with Crippen LogP contribution in [0.3, 0.4) is 0 Å². The van der Waals surface area contributed by atoms with Crippen molar-refractivity contribution >= 4 is 29.3 Å². The molecule has 1 saturated heterocycles. The third kappa shape index (κ3) is 2.36. The first-order valence-corrected chi connectivity index (χ1v) is 8.09. The number of fused-ring (bicyclic) bond motifs is 1. The van der Waals surface area contributed by atoms with E-state index in [2.05, 4.69) is 5.32 Å². The van der Waals surface area contributed by atoms with Crippen molar-refractivity contribution in [2.24, 2.45) is 0 Å². The number of hydrogen-bond donors (Lipinski definition) is 1. The number of hydrogen-bond acceptors (Lipinski definition) is 5. The van der Waals surface area contributed by atoms with Crippen LogP contribution in [0, 0.1) is 0 Å². The Labute approximate surface area is 139 Å². The molecule has 1 fully saturated rings. The van der Waals surface area contributed by atoms with E-state index in [0.29, 0.717) is 29.9 Å². The van der Waals surface area contributed by atoms with Gasteiger partial charge in [-0.25, -0.2) is 0 Å². The fourth-order valence-corrected chi connectivity index (χ4v) is 3.32. The fraction of sp³-hybridized carbons (Fsp3) is 0.412. The molecule has 1 aromatic carbocycles. The predicted octanol–water partition coefficient (Wildman–Crippen LogP) is 0.934. The topological polar surface area (TPSA) is 86.8 Å². The van der Waals surface area contributed by atoms with Crippen molar-refractivity contribution in [1.82, 2.24) is 10.2 Å². The minimum atomic E-state index is -0.931. The molecular weight excluding hydrogens is 310 g/mol. The molecule has 0 saturated carbocycles. The van der Waals surface area contributed by atoms with Gasteiger partial charge in [0.15, 0.2) is 0 Å². The van der Waals surface area contributed by atoms with E-state index < -0.39 is 23.8 Å². The number of benzene rings is 1. The number of imide groups is 2. The number of piperidine rings is 1. The summed E-state index contributed by atoms with van der Waals surface area (Å²) in [5, 5.41) is 2.20. The lowest BCUT2D eigenvalue weighted by Gasteiger charge is -2.28. The van der Waals surface area contributed by atoms with E-state index in [1.54, 1.807) is 12.1 Å². The van der Waals surface area contributed by atoms with Crippen molar-refractivity contribution < 1.29 is 19.2 Å². The molecule has 1 N–H and O–H groups in total. The fourth-order valence-electron chi connectivity index (χ4n) is 3.32. The van der Waals surface area contributed by atoms with Gasteiger partial charge in [-0.2, -0.15) is 0 Å². The normalized spacial score (nSPS) is 20.2. The summed E-state index contributed by atoms with van der Waals surface area (Å²) in [6.45, 7) is 5.35. The van der Waals surface area contributed by atoms with Gasteiger partial charge in [-0.15, -0.1) is 0 Å². The lowest BCUT2D eigenvalue weighted by atomic mass is 10.0. The van der Waals surface area contributed by atoms with Gasteiger partial charge in [0.2, 0.25) is 11.8 Å². The molecule has 0 radical (unpaired) electrons. The standard InChI is InChI=1S/C17H19N3O4/c1-3-19(4-2)11-7-5-6-10-14(11)17(24)20(16(10)23)12-8-9-13(21)18-15(12)22/h5-7,12H,3-4,8-9H2,1-2H3,(H,18,21,22). The van der Waals surface area contributed by atoms with Crippen LogP contribution < -0.4 is 10.2 Å². The Morgan fingerprint density at radius 1 is 1.12 bits per heavy atom. The van der Waals surface area contributed by atoms with Crippen LogP contribution in [0.4, 0.5) is 5.69 Å². The Balaban J connectivity index is 2.01. The molecule has 3 rings (SSSR count). The number of nitrogens with one attached hydrogen (secondary N) is 1. The molecule has 0 aromatic heterocycles. The van der Waals surface area contributed by atoms with E-state index in [9.17, 15) is 19.2 Å². The first kappa shape index (κ1) is 16.2. The summed E-state index contributed by atoms with van der Waals surface area (Å²) in [6.07, 6.45) is 0.281. The summed E-state index contributed by atoms with van der Waals surface area (Å²) in [5.74, 6) is -1.91. The van der Waals surface area contributed by atoms with E-state index in [1.165, 1.54) is 0 Å². The smallest absolute Gasteiger partial charge is 0.264 e. The minimum Gasteiger partial charge on any atom is -0.371 e. The highest BCUT2D eigenvalue weighted by molar-refractivity contribution is 6.25. The van der Waals surface area contributed by atoms with Crippen LogP contribution in [0.1, 0.15) is 47.4 Å². The Bertz CT molecular complexity index is 739. The van der Waals surface area contributed by atoms with Crippen LogP contribution >= 0.6 is 0 Å². The summed E-state index contributed by atoms with van der Waals surface area (Å²) in [5.41, 5.74) is 1.36. The highest BCUT2D eigenvalue weighted by atomic mass is 16.2. The van der Waals surface area contributed by atoms with Crippen molar-refractivity contribution in [3.63, 3.8) is 0 Å². The molecule has 7 nitrogen and oxygen atoms in total. The summed E-state index contributed by atoms with van der Waals surface area (Å²) in [7, 11) is 0. The van der Waals surface area contributed by atoms with Gasteiger partial charge in [0, 0.05) is 19.5 Å². The highest BCUT2D eigenvalue weighted by Crippen LogP contribution is 2.34. The van der Waals surface area contributed by atoms with E-state index in [0.717, 1.165) is 4.90 Å². The van der Waals surface area contributed by atoms with Crippen molar-refractivity contribution in [2.45, 2.75) is 32.7 Å². The van der Waals surface area contributed by atoms with Gasteiger partial charge in [-0.05, 0) is 32.4 Å². The van der Waals surface area contributed by atoms with Crippen LogP contribution in [0.15, 0.2) is 18.2 Å². The lowest BCUT2D eigenvalue weighted by molar-refractivity contribution is -0.136. The molecular formula is C17H19N3O4. The zero-order valence-electron chi connectivity index (χ0n) is 13.7. The van der Waals surface area contributed by atoms with Crippen LogP contribution in [-0.4, -0.2) is 47.7 Å². The number of anilines is 1. The molecule has 1 aromatic rings. The molecule has 126 valence electrons. The summed E-state index contributed by atoms with van der Waals surface area (Å²) >= 11 is 0. The van der Waals surface area contributed by atoms with E-state index in [-0.39, 0.29) is 18.7 Å². The van der Waals surface area contributed by atoms with Crippen molar-refractivity contribution in [3.05, 3.63) is 29.3 Å². The first-order chi connectivity index (χ1) is 11.5. The van der Waals surface area contributed by atoms with E-state index >= 15 is 0 Å². The summed E-state index contributed by atoms with van der Waals surface area (Å²) in [4.78, 5) is 52.0. The van der Waals surface area contributed by atoms with Gasteiger partial charge in [0.25, 0.3) is 11.8 Å². The van der Waals surface area contributed by atoms with Gasteiger partial charge in [0.05, 0.1) is 16.8 Å². The van der Waals surface area contributed by atoms with Crippen LogP contribution in [-0.2, 0) is 9.59 Å². The molecule has 1 atom stereocenters. The largest absolute Gasteiger partial charge is 0.371 e. The highest BCUT2D eigenvalue weighted by Gasteiger charge is 2.45. The number of carbonyl (C=O) groups excluding carboxylic acids is 4. The molecule has 2 aliphatic rings. The summed E-state index contributed by atoms with van der Waals surface area (Å²) in [6, 6.07) is 4.23. The molecule has 0 aliphatic carbocycles. The Kier molecular flexibility index (Phi) is 4.09. The van der Waals surface area contributed by atoms with Gasteiger partial charge < -0.3 is 4.90 Å². The maximum atomic E-state index is 12.9. The SMILES string of the molecule is CCN(CC)c1cccc2c1C(=O)N(C1CCC(=O)NC1=O)C2=O. The average molecular weight is 329 g/mol. The van der Waals surface area contributed by atoms with Crippen molar-refractivity contribution in [2.75, 3.05) is 18.0 Å². The Morgan fingerprint density at radius 2 is 1.83 bits per heavy atom. The maximum Gasteiger partial charge on any atom is 0.264 e. The first-order valence-electron chi connectivity index (χ1n) is 8.09. The molecule has 1 unspecified atom stereocenters. The average Bonchev–Trinajstić information content (AvgIpc) is 2.81. The molecule has 7 heteroatoms. The monoisotopic (exact) mass is 329 g/mol. The van der Waals surface area contributed by atoms with Gasteiger partial charge in [-0.3, -0.25) is 29.4 Å². The van der Waals surface area contributed by atoms with Gasteiger partial charge in [-0.1, -0.05) is 6.07 Å². The van der Waals surface area contributed by atoms with E-state index in [4.69, 9.17) is 0 Å². The lowest BCUT2D eigenvalue weighted by Crippen LogP contribution is -2.54. The molecule has 4 amide bonds. The quantitative estimate of drug-likeness (QED) is 0.831. The van der Waals surface area contributed by atoms with Crippen LogP contribution in [0.5, 0.6) is 0 Å². The molecule has 2 heterocycles. The Hall–Kier alpha value is -2.70. The van der Waals surface area contributed by atoms with Gasteiger partial charge in [0.1, 0.15) is 6.04 Å². The minimum absolute atomic E-state index is 0.118. The number of nitrogens with zero attached hydrogens (tertiary/aromatic N) is 2. The molecule has 24 heavy (non-hydrogen) atoms. The van der Waals surface area contributed by atoms with E-state index in [1.807, 2.05) is 24.8 Å². The van der Waals surface area contributed by atoms with Crippen molar-refractivity contribution in [3.8, 4) is 0 Å². The molecule has 2 aliphatic heterocycles. The second-order valence-electron chi connectivity index (χ2n) is 5.82. The zero-order valence-corrected chi connectivity index (χ0v) is 13.7. The third-order valence-electron chi connectivity index (χ3n) is 4.55. The molecule has 0 spiro atoms. The van der Waals surface area contributed by atoms with Crippen LogP contribution in [0.25, 0.3) is 0 Å². The van der Waals surface area contributed by atoms with Crippen LogP contribution in [0.2, 0.25) is 0 Å².